The van der Waals surface area contributed by atoms with Gasteiger partial charge in [-0.25, -0.2) is 0 Å². The van der Waals surface area contributed by atoms with Crippen molar-refractivity contribution < 1.29 is 42.4 Å². The molecule has 0 saturated carbocycles. The molecule has 10 nitrogen and oxygen atoms in total. The van der Waals surface area contributed by atoms with Crippen molar-refractivity contribution in [3.8, 4) is 0 Å². The van der Waals surface area contributed by atoms with E-state index < -0.39 is 46.9 Å². The van der Waals surface area contributed by atoms with Crippen molar-refractivity contribution in [3.05, 3.63) is 0 Å². The zero-order valence-corrected chi connectivity index (χ0v) is 12.5. The highest BCUT2D eigenvalue weighted by atomic mass is 32.3. The first-order valence-electron chi connectivity index (χ1n) is 5.88. The predicted molar refractivity (Wildman–Crippen MR) is 69.9 cm³/mol. The Balaban J connectivity index is 2.79. The van der Waals surface area contributed by atoms with Crippen LogP contribution >= 0.6 is 11.8 Å². The van der Waals surface area contributed by atoms with E-state index in [1.807, 2.05) is 0 Å². The molecule has 124 valence electrons. The van der Waals surface area contributed by atoms with Crippen molar-refractivity contribution in [2.75, 3.05) is 6.61 Å². The minimum absolute atomic E-state index is 0.0127. The summed E-state index contributed by atoms with van der Waals surface area (Å²) in [5.74, 6) is 0. The molecule has 0 radical (unpaired) electrons. The predicted octanol–water partition coefficient (Wildman–Crippen LogP) is -2.28. The summed E-state index contributed by atoms with van der Waals surface area (Å²) >= 11 is 0.707. The van der Waals surface area contributed by atoms with E-state index in [4.69, 9.17) is 9.84 Å². The first-order chi connectivity index (χ1) is 9.69. The van der Waals surface area contributed by atoms with E-state index in [0.717, 1.165) is 0 Å². The molecule has 0 aromatic carbocycles. The van der Waals surface area contributed by atoms with E-state index in [1.165, 1.54) is 0 Å². The molecule has 1 saturated heterocycles. The average Bonchev–Trinajstić information content (AvgIpc) is 2.42. The number of thioether (sulfide) groups is 1. The van der Waals surface area contributed by atoms with Crippen LogP contribution in [0.2, 0.25) is 0 Å². The van der Waals surface area contributed by atoms with E-state index in [-0.39, 0.29) is 11.5 Å². The summed E-state index contributed by atoms with van der Waals surface area (Å²) in [6, 6.07) is 0. The standard InChI is InChI=1S/C9H17NO9S2/c1-2-5(10-19-21(15,16)17)20-9-8(14)7(13)6(12)4(3-11)18-9/h4,6-9,11-14H,2-3H2,1H3,(H,15,16,17)/p-1/b10-5-/t4?,6-,7+,8?,9+/m1/s1. The van der Waals surface area contributed by atoms with Crippen molar-refractivity contribution in [2.45, 2.75) is 43.2 Å². The number of hydrogen-bond donors (Lipinski definition) is 4. The van der Waals surface area contributed by atoms with E-state index >= 15 is 0 Å². The normalized spacial score (nSPS) is 34.8. The molecule has 21 heavy (non-hydrogen) atoms. The zero-order chi connectivity index (χ0) is 16.2. The third kappa shape index (κ3) is 5.34. The molecule has 1 aliphatic heterocycles. The average molecular weight is 346 g/mol. The van der Waals surface area contributed by atoms with Crippen LogP contribution in [0.5, 0.6) is 0 Å². The lowest BCUT2D eigenvalue weighted by Gasteiger charge is -2.39. The Labute approximate surface area is 125 Å². The van der Waals surface area contributed by atoms with Gasteiger partial charge in [0.25, 0.3) is 10.4 Å². The summed E-state index contributed by atoms with van der Waals surface area (Å²) in [6.07, 6.45) is -5.50. The zero-order valence-electron chi connectivity index (χ0n) is 10.9. The smallest absolute Gasteiger partial charge is 0.284 e. The highest BCUT2D eigenvalue weighted by molar-refractivity contribution is 8.14. The summed E-state index contributed by atoms with van der Waals surface area (Å²) in [5, 5.41) is 41.1. The second-order valence-corrected chi connectivity index (χ2v) is 6.27. The minimum Gasteiger partial charge on any atom is -0.714 e. The minimum atomic E-state index is -5.00. The van der Waals surface area contributed by atoms with Crippen molar-refractivity contribution >= 4 is 27.2 Å². The van der Waals surface area contributed by atoms with Gasteiger partial charge in [-0.05, 0) is 6.42 Å². The molecule has 5 atom stereocenters. The molecule has 0 spiro atoms. The van der Waals surface area contributed by atoms with Gasteiger partial charge in [0.1, 0.15) is 34.9 Å². The number of oxime groups is 1. The van der Waals surface area contributed by atoms with Crippen LogP contribution in [0, 0.1) is 0 Å². The summed E-state index contributed by atoms with van der Waals surface area (Å²) in [6.45, 7) is 0.989. The van der Waals surface area contributed by atoms with Gasteiger partial charge in [-0.2, -0.15) is 8.42 Å². The van der Waals surface area contributed by atoms with Gasteiger partial charge in [0, 0.05) is 0 Å². The maximum absolute atomic E-state index is 10.3. The number of ether oxygens (including phenoxy) is 1. The van der Waals surface area contributed by atoms with Gasteiger partial charge in [0.15, 0.2) is 0 Å². The van der Waals surface area contributed by atoms with Crippen molar-refractivity contribution in [2.24, 2.45) is 5.16 Å². The quantitative estimate of drug-likeness (QED) is 0.140. The molecular weight excluding hydrogens is 330 g/mol. The molecular formula is C9H16NO9S2-. The molecule has 12 heteroatoms. The summed E-state index contributed by atoms with van der Waals surface area (Å²) in [7, 11) is -5.00. The number of aliphatic hydroxyl groups is 4. The van der Waals surface area contributed by atoms with Crippen LogP contribution < -0.4 is 0 Å². The second-order valence-electron chi connectivity index (χ2n) is 4.14. The molecule has 0 aliphatic carbocycles. The van der Waals surface area contributed by atoms with Gasteiger partial charge in [-0.3, -0.25) is 4.28 Å². The molecule has 1 rings (SSSR count). The third-order valence-corrected chi connectivity index (χ3v) is 4.15. The fraction of sp³-hybridized carbons (Fsp3) is 0.889. The summed E-state index contributed by atoms with van der Waals surface area (Å²) in [5.41, 5.74) is -1.13. The topological polar surface area (TPSA) is 169 Å². The van der Waals surface area contributed by atoms with E-state index in [1.54, 1.807) is 6.92 Å². The maximum Gasteiger partial charge on any atom is 0.284 e. The van der Waals surface area contributed by atoms with Crippen LogP contribution in [-0.2, 0) is 19.4 Å². The SMILES string of the molecule is CC/C(=N/OS(=O)(=O)[O-])S[C@@H]1OC(CO)[C@@H](O)[C@H](O)C1O. The Kier molecular flexibility index (Phi) is 6.80. The molecule has 0 bridgehead atoms. The lowest BCUT2D eigenvalue weighted by molar-refractivity contribution is -0.205. The van der Waals surface area contributed by atoms with Crippen LogP contribution in [0.25, 0.3) is 0 Å². The van der Waals surface area contributed by atoms with E-state index in [0.29, 0.717) is 11.8 Å². The van der Waals surface area contributed by atoms with Crippen molar-refractivity contribution in [1.29, 1.82) is 0 Å². The molecule has 4 N–H and O–H groups in total. The molecule has 1 aliphatic rings. The van der Waals surface area contributed by atoms with Gasteiger partial charge >= 0.3 is 0 Å². The third-order valence-electron chi connectivity index (χ3n) is 2.63. The first kappa shape index (κ1) is 18.6. The Morgan fingerprint density at radius 2 is 1.95 bits per heavy atom. The van der Waals surface area contributed by atoms with E-state index in [9.17, 15) is 28.3 Å². The lowest BCUT2D eigenvalue weighted by atomic mass is 10.0. The Hall–Kier alpha value is -0.470. The van der Waals surface area contributed by atoms with Crippen molar-refractivity contribution in [1.82, 2.24) is 0 Å². The van der Waals surface area contributed by atoms with Gasteiger partial charge in [0.2, 0.25) is 0 Å². The number of hydrogen-bond acceptors (Lipinski definition) is 11. The largest absolute Gasteiger partial charge is 0.714 e. The van der Waals surface area contributed by atoms with Gasteiger partial charge in [-0.15, -0.1) is 0 Å². The summed E-state index contributed by atoms with van der Waals surface area (Å²) < 4.78 is 39.9. The molecule has 2 unspecified atom stereocenters. The van der Waals surface area contributed by atoms with Crippen molar-refractivity contribution in [3.63, 3.8) is 0 Å². The molecule has 1 heterocycles. The maximum atomic E-state index is 10.3. The lowest BCUT2D eigenvalue weighted by Crippen LogP contribution is -2.57. The van der Waals surface area contributed by atoms with Gasteiger partial charge in [0.05, 0.1) is 6.61 Å². The van der Waals surface area contributed by atoms with Gasteiger partial charge in [-0.1, -0.05) is 23.8 Å². The van der Waals surface area contributed by atoms with Crippen LogP contribution in [0.15, 0.2) is 5.16 Å². The highest BCUT2D eigenvalue weighted by Gasteiger charge is 2.44. The van der Waals surface area contributed by atoms with Crippen LogP contribution in [-0.4, -0.2) is 74.9 Å². The van der Waals surface area contributed by atoms with Crippen LogP contribution in [0.1, 0.15) is 13.3 Å². The van der Waals surface area contributed by atoms with Crippen LogP contribution in [0.3, 0.4) is 0 Å². The molecule has 0 amide bonds. The Morgan fingerprint density at radius 3 is 2.43 bits per heavy atom. The Morgan fingerprint density at radius 1 is 1.33 bits per heavy atom. The molecule has 0 aromatic rings. The van der Waals surface area contributed by atoms with Crippen LogP contribution in [0.4, 0.5) is 0 Å². The number of rotatable bonds is 5. The number of nitrogens with zero attached hydrogens (tertiary/aromatic N) is 1. The van der Waals surface area contributed by atoms with E-state index in [2.05, 4.69) is 9.44 Å². The fourth-order valence-electron chi connectivity index (χ4n) is 1.56. The van der Waals surface area contributed by atoms with Gasteiger partial charge < -0.3 is 29.7 Å². The summed E-state index contributed by atoms with van der Waals surface area (Å²) in [4.78, 5) is 0. The number of aliphatic hydroxyl groups excluding tert-OH is 4. The highest BCUT2D eigenvalue weighted by Crippen LogP contribution is 2.30. The Bertz CT molecular complexity index is 466. The monoisotopic (exact) mass is 346 g/mol. The molecule has 0 aromatic heterocycles. The first-order valence-corrected chi connectivity index (χ1v) is 8.09. The molecule has 1 fully saturated rings. The fourth-order valence-corrected chi connectivity index (χ4v) is 2.80. The second kappa shape index (κ2) is 7.69.